The summed E-state index contributed by atoms with van der Waals surface area (Å²) in [6.07, 6.45) is 0.402. The molecule has 0 saturated carbocycles. The second-order valence-corrected chi connectivity index (χ2v) is 36.0. The van der Waals surface area contributed by atoms with Crippen LogP contribution < -0.4 is 37.9 Å². The van der Waals surface area contributed by atoms with Gasteiger partial charge < -0.3 is 37.9 Å². The molecule has 0 aliphatic heterocycles. The predicted octanol–water partition coefficient (Wildman–Crippen LogP) is 31.7. The lowest BCUT2D eigenvalue weighted by molar-refractivity contribution is -0.135. The van der Waals surface area contributed by atoms with Gasteiger partial charge in [0.25, 0.3) is 0 Å². The maximum Gasteiger partial charge on any atom is 0.519 e. The molecule has 0 aliphatic carbocycles. The summed E-state index contributed by atoms with van der Waals surface area (Å²) in [6.45, 7) is 0. The number of benzene rings is 24. The van der Waals surface area contributed by atoms with E-state index in [1.807, 2.05) is 255 Å². The Kier molecular flexibility index (Phi) is 22.2. The molecule has 0 fully saturated rings. The maximum atomic E-state index is 15.2. The second kappa shape index (κ2) is 36.4. The Morgan fingerprint density at radius 1 is 0.157 bits per heavy atom. The van der Waals surface area contributed by atoms with Crippen molar-refractivity contribution in [1.82, 2.24) is 0 Å². The zero-order chi connectivity index (χ0) is 93.8. The third-order valence-corrected chi connectivity index (χ3v) is 27.9. The number of ether oxygens (including phenoxy) is 8. The van der Waals surface area contributed by atoms with Crippen molar-refractivity contribution in [2.75, 3.05) is 0 Å². The van der Waals surface area contributed by atoms with E-state index in [9.17, 15) is 9.59 Å². The van der Waals surface area contributed by atoms with E-state index >= 15 is 14.4 Å². The van der Waals surface area contributed by atoms with Gasteiger partial charge in [-0.15, -0.1) is 0 Å². The molecule has 0 heterocycles. The number of rotatable bonds is 24. The van der Waals surface area contributed by atoms with Crippen molar-refractivity contribution in [1.29, 1.82) is 0 Å². The van der Waals surface area contributed by atoms with Crippen LogP contribution in [0.1, 0.15) is 81.3 Å². The molecule has 0 N–H and O–H groups in total. The summed E-state index contributed by atoms with van der Waals surface area (Å²) in [5.41, 5.74) is 7.58. The van der Waals surface area contributed by atoms with Crippen molar-refractivity contribution < 1.29 is 61.9 Å². The molecule has 24 rings (SSSR count). The van der Waals surface area contributed by atoms with E-state index in [1.165, 1.54) is 75.8 Å². The van der Waals surface area contributed by atoms with E-state index in [2.05, 4.69) is 109 Å². The van der Waals surface area contributed by atoms with Crippen molar-refractivity contribution in [3.05, 3.63) is 456 Å². The van der Waals surface area contributed by atoms with Gasteiger partial charge in [-0.05, 0) is 236 Å². The molecule has 0 unspecified atom stereocenters. The fourth-order valence-corrected chi connectivity index (χ4v) is 21.3. The van der Waals surface area contributed by atoms with Gasteiger partial charge in [0.2, 0.25) is 0 Å². The van der Waals surface area contributed by atoms with Crippen LogP contribution in [-0.2, 0) is 48.1 Å². The summed E-state index contributed by atoms with van der Waals surface area (Å²) in [7, 11) is 0. The smallest absolute Gasteiger partial charge is 0.426 e. The molecule has 13 nitrogen and oxygen atoms in total. The molecule has 0 bridgehead atoms. The molecule has 0 amide bonds. The van der Waals surface area contributed by atoms with Crippen LogP contribution in [0.3, 0.4) is 0 Å². The highest BCUT2D eigenvalue weighted by molar-refractivity contribution is 6.25. The molecule has 24 aromatic rings. The monoisotopic (exact) mass is 1820 g/mol. The van der Waals surface area contributed by atoms with Crippen LogP contribution in [0, 0.1) is 0 Å². The third kappa shape index (κ3) is 16.2. The Bertz CT molecular complexity index is 8610. The quantitative estimate of drug-likeness (QED) is 0.0244. The molecule has 0 saturated heterocycles. The summed E-state index contributed by atoms with van der Waals surface area (Å²) in [5, 5.41) is 28.1. The van der Waals surface area contributed by atoms with Crippen LogP contribution in [0.4, 0.5) is 14.4 Å². The van der Waals surface area contributed by atoms with Crippen LogP contribution in [0.25, 0.3) is 151 Å². The average Bonchev–Trinajstić information content (AvgIpc) is 0.740. The van der Waals surface area contributed by atoms with E-state index < -0.39 is 18.5 Å². The minimum atomic E-state index is -1.03. The van der Waals surface area contributed by atoms with Gasteiger partial charge in [0, 0.05) is 83.0 Å². The molecule has 0 radical (unpaired) electrons. The van der Waals surface area contributed by atoms with Gasteiger partial charge in [0.05, 0.1) is 0 Å². The van der Waals surface area contributed by atoms with Crippen LogP contribution in [0.2, 0.25) is 0 Å². The third-order valence-electron chi connectivity index (χ3n) is 27.9. The van der Waals surface area contributed by atoms with E-state index in [0.717, 1.165) is 97.3 Å². The van der Waals surface area contributed by atoms with Crippen LogP contribution >= 0.6 is 0 Å². The number of esters is 2. The lowest BCUT2D eigenvalue weighted by atomic mass is 9.90. The summed E-state index contributed by atoms with van der Waals surface area (Å²) in [5.74, 6) is 1.37. The minimum Gasteiger partial charge on any atom is -0.426 e. The zero-order valence-corrected chi connectivity index (χ0v) is 76.0. The van der Waals surface area contributed by atoms with Crippen molar-refractivity contribution in [2.24, 2.45) is 0 Å². The zero-order valence-electron chi connectivity index (χ0n) is 76.0. The Balaban J connectivity index is 0.494. The van der Waals surface area contributed by atoms with E-state index in [0.29, 0.717) is 70.6 Å². The molecule has 0 aromatic heterocycles. The molecule has 0 atom stereocenters. The molecule has 24 aromatic carbocycles. The predicted molar refractivity (Wildman–Crippen MR) is 560 cm³/mol. The number of fused-ring (bicyclic) bond motifs is 8. The first-order chi connectivity index (χ1) is 68.9. The number of hydrogen-bond donors (Lipinski definition) is 0. The Hall–Kier alpha value is -17.8. The number of carbonyl (C=O) groups excluding carboxylic acids is 5. The summed E-state index contributed by atoms with van der Waals surface area (Å²) < 4.78 is 51.9. The van der Waals surface area contributed by atoms with E-state index in [4.69, 9.17) is 37.9 Å². The van der Waals surface area contributed by atoms with Gasteiger partial charge in [-0.1, -0.05) is 352 Å². The highest BCUT2D eigenvalue weighted by atomic mass is 16.7. The van der Waals surface area contributed by atoms with Gasteiger partial charge in [-0.3, -0.25) is 9.59 Å². The van der Waals surface area contributed by atoms with Gasteiger partial charge in [0.15, 0.2) is 0 Å². The van der Waals surface area contributed by atoms with Gasteiger partial charge in [-0.2, -0.15) is 0 Å². The summed E-state index contributed by atoms with van der Waals surface area (Å²) >= 11 is 0. The SMILES string of the molecule is O=C(CCCc1ccc2ccc3cccc4ccc1c2c34)Oc1ccc2ccccc2c1Cc1c(OC(=O)Oc2ccc3ccccc3c2Cc2c(OC(=O)Oc3ccc4ccccc4c3Cc3c(OC(=O)Oc4ccc5ccccc5c4Cc4c(OC(=O)CCCc5ccc6ccc7cccc8ccc5c6c78)ccc5ccccc45)ccc4ccccc34)ccc3ccccc23)ccc2ccccc12. The first kappa shape index (κ1) is 85.1. The van der Waals surface area contributed by atoms with E-state index in [-0.39, 0.29) is 85.0 Å². The molecular weight excluding hydrogens is 1730 g/mol. The number of carbonyl (C=O) groups is 5. The van der Waals surface area contributed by atoms with Crippen molar-refractivity contribution in [2.45, 2.75) is 64.2 Å². The van der Waals surface area contributed by atoms with Crippen LogP contribution in [0.15, 0.2) is 400 Å². The lowest BCUT2D eigenvalue weighted by Gasteiger charge is -2.19. The molecule has 13 heteroatoms. The Morgan fingerprint density at radius 3 is 0.564 bits per heavy atom. The molecular formula is C127H86O13. The second-order valence-electron chi connectivity index (χ2n) is 36.0. The molecule has 0 spiro atoms. The number of hydrogen-bond acceptors (Lipinski definition) is 13. The minimum absolute atomic E-state index is 0.0859. The van der Waals surface area contributed by atoms with Gasteiger partial charge in [-0.25, -0.2) is 14.4 Å². The molecule has 0 aliphatic rings. The fraction of sp³-hybridized carbons (Fsp3) is 0.0787. The Morgan fingerprint density at radius 2 is 0.336 bits per heavy atom. The van der Waals surface area contributed by atoms with E-state index in [1.54, 1.807) is 36.4 Å². The van der Waals surface area contributed by atoms with Crippen molar-refractivity contribution in [3.63, 3.8) is 0 Å². The van der Waals surface area contributed by atoms with Gasteiger partial charge >= 0.3 is 30.4 Å². The highest BCUT2D eigenvalue weighted by Crippen LogP contribution is 2.46. The van der Waals surface area contributed by atoms with Crippen LogP contribution in [-0.4, -0.2) is 30.4 Å². The van der Waals surface area contributed by atoms with Crippen molar-refractivity contribution in [3.8, 4) is 46.0 Å². The molecule has 140 heavy (non-hydrogen) atoms. The lowest BCUT2D eigenvalue weighted by Crippen LogP contribution is -2.17. The normalized spacial score (nSPS) is 11.7. The largest absolute Gasteiger partial charge is 0.519 e. The first-order valence-corrected chi connectivity index (χ1v) is 47.4. The highest BCUT2D eigenvalue weighted by Gasteiger charge is 2.29. The van der Waals surface area contributed by atoms with Crippen LogP contribution in [0.5, 0.6) is 46.0 Å². The van der Waals surface area contributed by atoms with Gasteiger partial charge in [0.1, 0.15) is 46.0 Å². The topological polar surface area (TPSA) is 159 Å². The number of aryl methyl sites for hydroxylation is 2. The average molecular weight is 1820 g/mol. The summed E-state index contributed by atoms with van der Waals surface area (Å²) in [6, 6.07) is 132. The first-order valence-electron chi connectivity index (χ1n) is 47.4. The Labute approximate surface area is 804 Å². The fourth-order valence-electron chi connectivity index (χ4n) is 21.3. The standard InChI is InChI=1S/C127H86O13/c128-119(43-19-29-85-45-47-91-51-49-87-31-17-33-89-53-63-101(85)123(91)121(87)89)133-111-65-55-77-21-1-9-35-93(77)103(111)73-105-95-37-11-3-23-79(95)57-67-113(105)135-125(130)137-115-69-59-81-25-5-13-39-97(81)107(115)75-109-99-41-15-7-27-83(99)61-71-117(109)139-127(132)140-118-72-62-84-28-8-16-42-100(84)110(118)76-108-98-40-14-6-26-82(98)60-70-116(108)138-126(131)136-114-68-58-80-24-4-12-38-96(80)106(114)74-104-94-36-10-2-22-78(94)56-66-112(104)134-120(129)44-20-30-86-46-48-92-52-50-88-32-18-34-90-54-64-102(86)124(92)122(88)90/h1-18,21-28,31-42,45-72H,19-20,29-30,43-44,73-76H2. The summed E-state index contributed by atoms with van der Waals surface area (Å²) in [4.78, 5) is 74.0. The van der Waals surface area contributed by atoms with Crippen molar-refractivity contribution >= 4 is 181 Å². The molecule has 672 valence electrons. The maximum absolute atomic E-state index is 15.2.